The first-order valence-electron chi connectivity index (χ1n) is 5.99. The maximum atomic E-state index is 11.9. The number of anilines is 1. The molecule has 21 heavy (non-hydrogen) atoms. The summed E-state index contributed by atoms with van der Waals surface area (Å²) >= 11 is 3.14. The van der Waals surface area contributed by atoms with Crippen molar-refractivity contribution >= 4 is 27.8 Å². The SMILES string of the molecule is COc1nc(CNC(=O)c2ccc(Br)o2)nc(N(C)C)n1. The number of furan rings is 1. The molecule has 112 valence electrons. The van der Waals surface area contributed by atoms with Gasteiger partial charge in [0.2, 0.25) is 5.95 Å². The van der Waals surface area contributed by atoms with Crippen LogP contribution in [0.4, 0.5) is 5.95 Å². The number of nitrogens with zero attached hydrogens (tertiary/aromatic N) is 4. The van der Waals surface area contributed by atoms with Crippen LogP contribution < -0.4 is 15.0 Å². The number of ether oxygens (including phenoxy) is 1. The molecule has 2 aromatic heterocycles. The maximum absolute atomic E-state index is 11.9. The van der Waals surface area contributed by atoms with Gasteiger partial charge in [-0.15, -0.1) is 0 Å². The molecule has 0 saturated heterocycles. The predicted octanol–water partition coefficient (Wildman–Crippen LogP) is 1.23. The highest BCUT2D eigenvalue weighted by Crippen LogP contribution is 2.14. The van der Waals surface area contributed by atoms with Crippen LogP contribution in [0.15, 0.2) is 21.2 Å². The van der Waals surface area contributed by atoms with Crippen molar-refractivity contribution in [3.8, 4) is 6.01 Å². The van der Waals surface area contributed by atoms with Crippen LogP contribution in [0.5, 0.6) is 6.01 Å². The van der Waals surface area contributed by atoms with Crippen molar-refractivity contribution in [3.63, 3.8) is 0 Å². The summed E-state index contributed by atoms with van der Waals surface area (Å²) in [5.41, 5.74) is 0. The minimum Gasteiger partial charge on any atom is -0.467 e. The number of methoxy groups -OCH3 is 1. The van der Waals surface area contributed by atoms with Crippen molar-refractivity contribution in [2.24, 2.45) is 0 Å². The Morgan fingerprint density at radius 1 is 1.38 bits per heavy atom. The van der Waals surface area contributed by atoms with Crippen LogP contribution in [-0.2, 0) is 6.54 Å². The van der Waals surface area contributed by atoms with Crippen molar-refractivity contribution in [1.82, 2.24) is 20.3 Å². The molecule has 2 aromatic rings. The molecule has 8 nitrogen and oxygen atoms in total. The van der Waals surface area contributed by atoms with E-state index in [-0.39, 0.29) is 24.2 Å². The second kappa shape index (κ2) is 6.53. The van der Waals surface area contributed by atoms with E-state index in [1.165, 1.54) is 7.11 Å². The van der Waals surface area contributed by atoms with Gasteiger partial charge < -0.3 is 19.4 Å². The largest absolute Gasteiger partial charge is 0.467 e. The van der Waals surface area contributed by atoms with E-state index in [1.54, 1.807) is 31.1 Å². The normalized spacial score (nSPS) is 10.3. The summed E-state index contributed by atoms with van der Waals surface area (Å²) in [6.07, 6.45) is 0. The van der Waals surface area contributed by atoms with E-state index in [9.17, 15) is 4.79 Å². The zero-order valence-electron chi connectivity index (χ0n) is 11.8. The summed E-state index contributed by atoms with van der Waals surface area (Å²) < 4.78 is 10.7. The minimum absolute atomic E-state index is 0.136. The number of hydrogen-bond donors (Lipinski definition) is 1. The Kier molecular flexibility index (Phi) is 4.73. The predicted molar refractivity (Wildman–Crippen MR) is 78.3 cm³/mol. The molecule has 2 heterocycles. The van der Waals surface area contributed by atoms with Crippen LogP contribution >= 0.6 is 15.9 Å². The summed E-state index contributed by atoms with van der Waals surface area (Å²) in [6.45, 7) is 0.136. The Hall–Kier alpha value is -2.16. The number of carbonyl (C=O) groups is 1. The van der Waals surface area contributed by atoms with Crippen molar-refractivity contribution in [2.45, 2.75) is 6.54 Å². The number of aromatic nitrogens is 3. The summed E-state index contributed by atoms with van der Waals surface area (Å²) in [7, 11) is 5.08. The monoisotopic (exact) mass is 355 g/mol. The second-order valence-electron chi connectivity index (χ2n) is 4.22. The number of nitrogens with one attached hydrogen (secondary N) is 1. The Labute approximate surface area is 129 Å². The van der Waals surface area contributed by atoms with Gasteiger partial charge in [0.25, 0.3) is 5.91 Å². The number of amides is 1. The molecule has 0 aliphatic rings. The molecule has 0 unspecified atom stereocenters. The third-order valence-electron chi connectivity index (χ3n) is 2.44. The van der Waals surface area contributed by atoms with E-state index in [0.29, 0.717) is 16.4 Å². The zero-order chi connectivity index (χ0) is 15.4. The molecule has 9 heteroatoms. The Morgan fingerprint density at radius 3 is 2.71 bits per heavy atom. The van der Waals surface area contributed by atoms with E-state index in [2.05, 4.69) is 36.2 Å². The van der Waals surface area contributed by atoms with Crippen LogP contribution in [0.3, 0.4) is 0 Å². The molecule has 1 amide bonds. The number of hydrogen-bond acceptors (Lipinski definition) is 7. The first-order valence-corrected chi connectivity index (χ1v) is 6.78. The molecule has 0 fully saturated rings. The van der Waals surface area contributed by atoms with Gasteiger partial charge in [-0.3, -0.25) is 4.79 Å². The molecular formula is C12H14BrN5O3. The van der Waals surface area contributed by atoms with Crippen LogP contribution in [-0.4, -0.2) is 42.1 Å². The molecule has 0 saturated carbocycles. The fourth-order valence-electron chi connectivity index (χ4n) is 1.44. The molecule has 0 bridgehead atoms. The van der Waals surface area contributed by atoms with Gasteiger partial charge in [-0.25, -0.2) is 0 Å². The van der Waals surface area contributed by atoms with Gasteiger partial charge in [0, 0.05) is 14.1 Å². The van der Waals surface area contributed by atoms with Crippen molar-refractivity contribution in [1.29, 1.82) is 0 Å². The van der Waals surface area contributed by atoms with E-state index < -0.39 is 0 Å². The molecular weight excluding hydrogens is 342 g/mol. The van der Waals surface area contributed by atoms with E-state index >= 15 is 0 Å². The lowest BCUT2D eigenvalue weighted by Crippen LogP contribution is -2.24. The molecule has 0 radical (unpaired) electrons. The highest BCUT2D eigenvalue weighted by atomic mass is 79.9. The molecule has 0 aromatic carbocycles. The van der Waals surface area contributed by atoms with Gasteiger partial charge >= 0.3 is 6.01 Å². The molecule has 0 spiro atoms. The Bertz CT molecular complexity index is 644. The highest BCUT2D eigenvalue weighted by Gasteiger charge is 2.13. The number of halogens is 1. The fourth-order valence-corrected chi connectivity index (χ4v) is 1.75. The average molecular weight is 356 g/mol. The third-order valence-corrected chi connectivity index (χ3v) is 2.86. The summed E-state index contributed by atoms with van der Waals surface area (Å²) in [5.74, 6) is 0.693. The van der Waals surface area contributed by atoms with Crippen molar-refractivity contribution < 1.29 is 13.9 Å². The average Bonchev–Trinajstić information content (AvgIpc) is 2.91. The molecule has 1 N–H and O–H groups in total. The molecule has 0 aliphatic heterocycles. The van der Waals surface area contributed by atoms with Crippen molar-refractivity contribution in [3.05, 3.63) is 28.4 Å². The first kappa shape index (κ1) is 15.2. The van der Waals surface area contributed by atoms with Gasteiger partial charge in [0.05, 0.1) is 13.7 Å². The van der Waals surface area contributed by atoms with E-state index in [0.717, 1.165) is 0 Å². The lowest BCUT2D eigenvalue weighted by atomic mass is 10.4. The molecule has 0 aliphatic carbocycles. The van der Waals surface area contributed by atoms with Gasteiger partial charge in [-0.1, -0.05) is 0 Å². The number of carbonyl (C=O) groups excluding carboxylic acids is 1. The van der Waals surface area contributed by atoms with Gasteiger partial charge in [0.1, 0.15) is 0 Å². The van der Waals surface area contributed by atoms with Crippen LogP contribution in [0, 0.1) is 0 Å². The number of rotatable bonds is 5. The van der Waals surface area contributed by atoms with Crippen LogP contribution in [0.2, 0.25) is 0 Å². The smallest absolute Gasteiger partial charge is 0.321 e. The fraction of sp³-hybridized carbons (Fsp3) is 0.333. The van der Waals surface area contributed by atoms with Gasteiger partial charge in [-0.05, 0) is 28.1 Å². The zero-order valence-corrected chi connectivity index (χ0v) is 13.3. The molecule has 0 atom stereocenters. The highest BCUT2D eigenvalue weighted by molar-refractivity contribution is 9.10. The van der Waals surface area contributed by atoms with Crippen molar-refractivity contribution in [2.75, 3.05) is 26.1 Å². The summed E-state index contributed by atoms with van der Waals surface area (Å²) in [5, 5.41) is 2.67. The Morgan fingerprint density at radius 2 is 2.14 bits per heavy atom. The third kappa shape index (κ3) is 3.91. The topological polar surface area (TPSA) is 93.4 Å². The maximum Gasteiger partial charge on any atom is 0.321 e. The quantitative estimate of drug-likeness (QED) is 0.861. The Balaban J connectivity index is 2.08. The van der Waals surface area contributed by atoms with Crippen LogP contribution in [0.1, 0.15) is 16.4 Å². The van der Waals surface area contributed by atoms with E-state index in [1.807, 2.05) is 0 Å². The summed E-state index contributed by atoms with van der Waals surface area (Å²) in [4.78, 5) is 26.0. The standard InChI is InChI=1S/C12H14BrN5O3/c1-18(2)11-15-9(16-12(17-11)20-3)6-14-10(19)7-4-5-8(13)21-7/h4-5H,6H2,1-3H3,(H,14,19). The molecule has 2 rings (SSSR count). The van der Waals surface area contributed by atoms with Crippen LogP contribution in [0.25, 0.3) is 0 Å². The van der Waals surface area contributed by atoms with E-state index in [4.69, 9.17) is 9.15 Å². The lowest BCUT2D eigenvalue weighted by Gasteiger charge is -2.12. The summed E-state index contributed by atoms with van der Waals surface area (Å²) in [6, 6.07) is 3.41. The minimum atomic E-state index is -0.355. The van der Waals surface area contributed by atoms with Gasteiger partial charge in [-0.2, -0.15) is 15.0 Å². The lowest BCUT2D eigenvalue weighted by molar-refractivity contribution is 0.0920. The van der Waals surface area contributed by atoms with Gasteiger partial charge in [0.15, 0.2) is 16.3 Å². The second-order valence-corrected chi connectivity index (χ2v) is 5.00. The first-order chi connectivity index (χ1) is 9.99.